The molecule has 3 rings (SSSR count). The summed E-state index contributed by atoms with van der Waals surface area (Å²) in [6.07, 6.45) is 1.26. The Morgan fingerprint density at radius 1 is 1.32 bits per heavy atom. The Balaban J connectivity index is 1.64. The number of rotatable bonds is 5. The quantitative estimate of drug-likeness (QED) is 0.782. The Labute approximate surface area is 146 Å². The second-order valence-electron chi connectivity index (χ2n) is 6.83. The fraction of sp³-hybridized carbons (Fsp3) is 0.529. The van der Waals surface area contributed by atoms with Crippen LogP contribution in [0, 0.1) is 11.2 Å². The van der Waals surface area contributed by atoms with Crippen LogP contribution in [0.5, 0.6) is 0 Å². The third-order valence-electron chi connectivity index (χ3n) is 5.07. The highest BCUT2D eigenvalue weighted by molar-refractivity contribution is 7.91. The molecule has 1 aromatic rings. The summed E-state index contributed by atoms with van der Waals surface area (Å²) in [4.78, 5) is 26.6. The van der Waals surface area contributed by atoms with Gasteiger partial charge >= 0.3 is 0 Å². The third kappa shape index (κ3) is 3.53. The van der Waals surface area contributed by atoms with Gasteiger partial charge in [0, 0.05) is 25.2 Å². The lowest BCUT2D eigenvalue weighted by Gasteiger charge is -2.27. The molecule has 8 heteroatoms. The van der Waals surface area contributed by atoms with Gasteiger partial charge in [-0.3, -0.25) is 9.59 Å². The standard InChI is InChI=1S/C17H21FN2O4S/c1-20(13-6-9-25(23,24)11-13)16(22)17(7-8-17)15(21)19-10-12-4-2-3-5-14(12)18/h2-5,13H,6-11H2,1H3,(H,19,21). The van der Waals surface area contributed by atoms with Crippen molar-refractivity contribution in [2.24, 2.45) is 5.41 Å². The van der Waals surface area contributed by atoms with Crippen LogP contribution in [0.4, 0.5) is 4.39 Å². The zero-order chi connectivity index (χ0) is 18.2. The maximum absolute atomic E-state index is 13.6. The molecule has 6 nitrogen and oxygen atoms in total. The molecule has 0 radical (unpaired) electrons. The van der Waals surface area contributed by atoms with Crippen molar-refractivity contribution in [3.63, 3.8) is 0 Å². The molecule has 1 unspecified atom stereocenters. The molecule has 1 aromatic carbocycles. The second kappa shape index (κ2) is 6.40. The molecule has 1 aliphatic carbocycles. The maximum Gasteiger partial charge on any atom is 0.238 e. The van der Waals surface area contributed by atoms with E-state index in [4.69, 9.17) is 0 Å². The molecule has 2 fully saturated rings. The van der Waals surface area contributed by atoms with Crippen LogP contribution in [0.2, 0.25) is 0 Å². The highest BCUT2D eigenvalue weighted by Gasteiger charge is 2.58. The summed E-state index contributed by atoms with van der Waals surface area (Å²) in [5.74, 6) is -1.16. The van der Waals surface area contributed by atoms with Crippen LogP contribution < -0.4 is 5.32 Å². The first-order valence-electron chi connectivity index (χ1n) is 8.24. The Bertz CT molecular complexity index is 805. The average Bonchev–Trinajstić information content (AvgIpc) is 3.31. The van der Waals surface area contributed by atoms with Crippen molar-refractivity contribution in [2.45, 2.75) is 31.8 Å². The smallest absolute Gasteiger partial charge is 0.238 e. The number of hydrogen-bond donors (Lipinski definition) is 1. The highest BCUT2D eigenvalue weighted by atomic mass is 32.2. The predicted molar refractivity (Wildman–Crippen MR) is 89.7 cm³/mol. The SMILES string of the molecule is CN(C(=O)C1(C(=O)NCc2ccccc2F)CC1)C1CCS(=O)(=O)C1. The van der Waals surface area contributed by atoms with E-state index in [1.165, 1.54) is 11.0 Å². The van der Waals surface area contributed by atoms with Crippen molar-refractivity contribution < 1.29 is 22.4 Å². The van der Waals surface area contributed by atoms with E-state index in [-0.39, 0.29) is 30.0 Å². The number of sulfone groups is 1. The summed E-state index contributed by atoms with van der Waals surface area (Å²) >= 11 is 0. The van der Waals surface area contributed by atoms with Crippen LogP contribution in [-0.4, -0.2) is 49.7 Å². The lowest BCUT2D eigenvalue weighted by atomic mass is 10.0. The molecule has 0 bridgehead atoms. The molecular weight excluding hydrogens is 347 g/mol. The number of hydrogen-bond acceptors (Lipinski definition) is 4. The number of benzene rings is 1. The van der Waals surface area contributed by atoms with Gasteiger partial charge in [0.15, 0.2) is 9.84 Å². The van der Waals surface area contributed by atoms with Crippen LogP contribution in [0.1, 0.15) is 24.8 Å². The topological polar surface area (TPSA) is 83.6 Å². The molecule has 0 aromatic heterocycles. The summed E-state index contributed by atoms with van der Waals surface area (Å²) in [6, 6.07) is 5.75. The van der Waals surface area contributed by atoms with Crippen LogP contribution in [0.15, 0.2) is 24.3 Å². The van der Waals surface area contributed by atoms with Crippen molar-refractivity contribution in [3.8, 4) is 0 Å². The van der Waals surface area contributed by atoms with Gasteiger partial charge in [0.25, 0.3) is 0 Å². The van der Waals surface area contributed by atoms with E-state index in [9.17, 15) is 22.4 Å². The molecule has 1 saturated carbocycles. The molecular formula is C17H21FN2O4S. The number of halogens is 1. The largest absolute Gasteiger partial charge is 0.351 e. The van der Waals surface area contributed by atoms with E-state index in [0.29, 0.717) is 24.8 Å². The van der Waals surface area contributed by atoms with E-state index in [2.05, 4.69) is 5.32 Å². The first kappa shape index (κ1) is 17.8. The molecule has 2 amide bonds. The Hall–Kier alpha value is -1.96. The Morgan fingerprint density at radius 2 is 2.00 bits per heavy atom. The number of nitrogens with one attached hydrogen (secondary N) is 1. The molecule has 0 spiro atoms. The number of amides is 2. The minimum atomic E-state index is -3.11. The van der Waals surface area contributed by atoms with Crippen molar-refractivity contribution in [1.29, 1.82) is 0 Å². The van der Waals surface area contributed by atoms with E-state index in [0.717, 1.165) is 0 Å². The van der Waals surface area contributed by atoms with Gasteiger partial charge in [-0.25, -0.2) is 12.8 Å². The zero-order valence-corrected chi connectivity index (χ0v) is 14.8. The summed E-state index contributed by atoms with van der Waals surface area (Å²) in [6.45, 7) is 0.0159. The molecule has 25 heavy (non-hydrogen) atoms. The van der Waals surface area contributed by atoms with Gasteiger partial charge in [0.2, 0.25) is 11.8 Å². The summed E-state index contributed by atoms with van der Waals surface area (Å²) in [5, 5.41) is 2.64. The highest BCUT2D eigenvalue weighted by Crippen LogP contribution is 2.48. The molecule has 1 N–H and O–H groups in total. The summed E-state index contributed by atoms with van der Waals surface area (Å²) < 4.78 is 36.8. The van der Waals surface area contributed by atoms with Crippen LogP contribution in [0.3, 0.4) is 0 Å². The second-order valence-corrected chi connectivity index (χ2v) is 9.06. The molecule has 1 saturated heterocycles. The molecule has 1 atom stereocenters. The fourth-order valence-electron chi connectivity index (χ4n) is 3.23. The first-order chi connectivity index (χ1) is 11.8. The lowest BCUT2D eigenvalue weighted by molar-refractivity contribution is -0.144. The number of carbonyl (C=O) groups excluding carboxylic acids is 2. The van der Waals surface area contributed by atoms with Crippen molar-refractivity contribution in [2.75, 3.05) is 18.6 Å². The summed E-state index contributed by atoms with van der Waals surface area (Å²) in [7, 11) is -1.55. The van der Waals surface area contributed by atoms with Crippen molar-refractivity contribution in [3.05, 3.63) is 35.6 Å². The van der Waals surface area contributed by atoms with Gasteiger partial charge in [0.05, 0.1) is 11.5 Å². The zero-order valence-electron chi connectivity index (χ0n) is 14.0. The van der Waals surface area contributed by atoms with E-state index in [1.54, 1.807) is 25.2 Å². The van der Waals surface area contributed by atoms with E-state index >= 15 is 0 Å². The lowest BCUT2D eigenvalue weighted by Crippen LogP contribution is -2.47. The Morgan fingerprint density at radius 3 is 2.56 bits per heavy atom. The van der Waals surface area contributed by atoms with Gasteiger partial charge in [-0.15, -0.1) is 0 Å². The van der Waals surface area contributed by atoms with E-state index < -0.39 is 27.0 Å². The average molecular weight is 368 g/mol. The minimum Gasteiger partial charge on any atom is -0.351 e. The van der Waals surface area contributed by atoms with Crippen molar-refractivity contribution >= 4 is 21.7 Å². The molecule has 1 heterocycles. The van der Waals surface area contributed by atoms with Gasteiger partial charge in [-0.1, -0.05) is 18.2 Å². The normalized spacial score (nSPS) is 23.0. The number of nitrogens with zero attached hydrogens (tertiary/aromatic N) is 1. The first-order valence-corrected chi connectivity index (χ1v) is 10.1. The predicted octanol–water partition coefficient (Wildman–Crippen LogP) is 0.868. The monoisotopic (exact) mass is 368 g/mol. The van der Waals surface area contributed by atoms with Crippen LogP contribution in [-0.2, 0) is 26.0 Å². The van der Waals surface area contributed by atoms with Gasteiger partial charge < -0.3 is 10.2 Å². The summed E-state index contributed by atoms with van der Waals surface area (Å²) in [5.41, 5.74) is -0.777. The van der Waals surface area contributed by atoms with Crippen molar-refractivity contribution in [1.82, 2.24) is 10.2 Å². The Kier molecular flexibility index (Phi) is 4.57. The molecule has 1 aliphatic heterocycles. The molecule has 2 aliphatic rings. The van der Waals surface area contributed by atoms with E-state index in [1.807, 2.05) is 0 Å². The fourth-order valence-corrected chi connectivity index (χ4v) is 5.01. The minimum absolute atomic E-state index is 0.0159. The van der Waals surface area contributed by atoms with Crippen LogP contribution >= 0.6 is 0 Å². The van der Waals surface area contributed by atoms with Gasteiger partial charge in [-0.2, -0.15) is 0 Å². The third-order valence-corrected chi connectivity index (χ3v) is 6.82. The molecule has 136 valence electrons. The van der Waals surface area contributed by atoms with Crippen LogP contribution in [0.25, 0.3) is 0 Å². The van der Waals surface area contributed by atoms with Gasteiger partial charge in [0.1, 0.15) is 11.2 Å². The maximum atomic E-state index is 13.6. The number of carbonyl (C=O) groups is 2. The van der Waals surface area contributed by atoms with Gasteiger partial charge in [-0.05, 0) is 25.3 Å².